The summed E-state index contributed by atoms with van der Waals surface area (Å²) in [4.78, 5) is 12.0. The minimum Gasteiger partial charge on any atom is -0.349 e. The third-order valence-electron chi connectivity index (χ3n) is 3.36. The first-order valence-corrected chi connectivity index (χ1v) is 6.61. The molecule has 1 fully saturated rings. The molecule has 0 heterocycles. The molecule has 1 aliphatic carbocycles. The van der Waals surface area contributed by atoms with Gasteiger partial charge in [-0.25, -0.2) is 0 Å². The van der Waals surface area contributed by atoms with Crippen LogP contribution in [-0.2, 0) is 0 Å². The Morgan fingerprint density at radius 2 is 2.00 bits per heavy atom. The fourth-order valence-corrected chi connectivity index (χ4v) is 2.42. The number of carbonyl (C=O) groups is 1. The molecule has 92 valence electrons. The molecule has 0 aliphatic heterocycles. The zero-order valence-electron chi connectivity index (χ0n) is 10.1. The number of hydrogen-bond acceptors (Lipinski definition) is 1. The highest BCUT2D eigenvalue weighted by Gasteiger charge is 2.16. The molecule has 0 spiro atoms. The number of rotatable bonds is 2. The topological polar surface area (TPSA) is 29.1 Å². The van der Waals surface area contributed by atoms with Crippen LogP contribution < -0.4 is 5.32 Å². The molecule has 1 saturated carbocycles. The van der Waals surface area contributed by atoms with Crippen molar-refractivity contribution in [2.24, 2.45) is 0 Å². The zero-order chi connectivity index (χ0) is 12.3. The summed E-state index contributed by atoms with van der Waals surface area (Å²) < 4.78 is 0. The van der Waals surface area contributed by atoms with Gasteiger partial charge in [0.1, 0.15) is 0 Å². The lowest BCUT2D eigenvalue weighted by Crippen LogP contribution is -2.36. The highest BCUT2D eigenvalue weighted by atomic mass is 35.5. The Kier molecular flexibility index (Phi) is 4.06. The molecule has 2 nitrogen and oxygen atoms in total. The van der Waals surface area contributed by atoms with Gasteiger partial charge in [-0.15, -0.1) is 0 Å². The Bertz CT molecular complexity index is 411. The predicted molar refractivity (Wildman–Crippen MR) is 70.5 cm³/mol. The van der Waals surface area contributed by atoms with Gasteiger partial charge in [0.05, 0.1) is 0 Å². The second kappa shape index (κ2) is 5.54. The van der Waals surface area contributed by atoms with Gasteiger partial charge in [0.2, 0.25) is 0 Å². The molecule has 1 N–H and O–H groups in total. The fraction of sp³-hybridized carbons (Fsp3) is 0.500. The van der Waals surface area contributed by atoms with E-state index < -0.39 is 0 Å². The van der Waals surface area contributed by atoms with Crippen molar-refractivity contribution < 1.29 is 4.79 Å². The molecule has 1 amide bonds. The summed E-state index contributed by atoms with van der Waals surface area (Å²) in [5.41, 5.74) is 1.65. The number of hydrogen-bond donors (Lipinski definition) is 1. The monoisotopic (exact) mass is 251 g/mol. The van der Waals surface area contributed by atoms with Crippen molar-refractivity contribution in [3.05, 3.63) is 34.3 Å². The van der Waals surface area contributed by atoms with Crippen LogP contribution in [0.5, 0.6) is 0 Å². The maximum Gasteiger partial charge on any atom is 0.251 e. The van der Waals surface area contributed by atoms with Crippen molar-refractivity contribution in [3.8, 4) is 0 Å². The molecule has 0 aromatic heterocycles. The van der Waals surface area contributed by atoms with E-state index in [0.29, 0.717) is 16.6 Å². The summed E-state index contributed by atoms with van der Waals surface area (Å²) in [6.45, 7) is 1.92. The molecule has 1 aliphatic rings. The van der Waals surface area contributed by atoms with Crippen LogP contribution in [0.3, 0.4) is 0 Å². The molecule has 1 aromatic rings. The normalized spacial score (nSPS) is 16.8. The van der Waals surface area contributed by atoms with Crippen molar-refractivity contribution in [3.63, 3.8) is 0 Å². The number of amides is 1. The van der Waals surface area contributed by atoms with Crippen LogP contribution in [-0.4, -0.2) is 11.9 Å². The number of benzene rings is 1. The van der Waals surface area contributed by atoms with E-state index in [1.54, 1.807) is 12.1 Å². The van der Waals surface area contributed by atoms with Crippen molar-refractivity contribution in [1.82, 2.24) is 5.32 Å². The lowest BCUT2D eigenvalue weighted by molar-refractivity contribution is 0.0927. The molecule has 0 radical (unpaired) electrons. The van der Waals surface area contributed by atoms with Gasteiger partial charge in [-0.05, 0) is 43.5 Å². The van der Waals surface area contributed by atoms with Crippen LogP contribution in [0.15, 0.2) is 18.2 Å². The predicted octanol–water partition coefficient (Wildman–Crippen LogP) is 3.71. The first kappa shape index (κ1) is 12.4. The van der Waals surface area contributed by atoms with E-state index in [4.69, 9.17) is 11.6 Å². The van der Waals surface area contributed by atoms with Crippen LogP contribution in [0.4, 0.5) is 0 Å². The molecule has 17 heavy (non-hydrogen) atoms. The van der Waals surface area contributed by atoms with Crippen LogP contribution in [0.25, 0.3) is 0 Å². The minimum absolute atomic E-state index is 0.0247. The summed E-state index contributed by atoms with van der Waals surface area (Å²) in [6, 6.07) is 5.77. The SMILES string of the molecule is Cc1cc(C(=O)NC2CCCCC2)ccc1Cl. The molecule has 3 heteroatoms. The smallest absolute Gasteiger partial charge is 0.251 e. The van der Waals surface area contributed by atoms with E-state index >= 15 is 0 Å². The van der Waals surface area contributed by atoms with Crippen LogP contribution in [0, 0.1) is 6.92 Å². The Hall–Kier alpha value is -1.02. The van der Waals surface area contributed by atoms with Gasteiger partial charge in [0, 0.05) is 16.6 Å². The fourth-order valence-electron chi connectivity index (χ4n) is 2.30. The molecule has 2 rings (SSSR count). The lowest BCUT2D eigenvalue weighted by Gasteiger charge is -2.22. The lowest BCUT2D eigenvalue weighted by atomic mass is 9.95. The Morgan fingerprint density at radius 1 is 1.29 bits per heavy atom. The molecule has 0 saturated heterocycles. The maximum atomic E-state index is 12.0. The van der Waals surface area contributed by atoms with E-state index in [1.807, 2.05) is 13.0 Å². The van der Waals surface area contributed by atoms with Gasteiger partial charge in [-0.2, -0.15) is 0 Å². The van der Waals surface area contributed by atoms with Gasteiger partial charge < -0.3 is 5.32 Å². The van der Waals surface area contributed by atoms with Crippen LogP contribution in [0.2, 0.25) is 5.02 Å². The first-order chi connectivity index (χ1) is 8.16. The highest BCUT2D eigenvalue weighted by Crippen LogP contribution is 2.19. The number of halogens is 1. The van der Waals surface area contributed by atoms with E-state index in [-0.39, 0.29) is 5.91 Å². The molecular formula is C14H18ClNO. The van der Waals surface area contributed by atoms with Gasteiger partial charge in [-0.3, -0.25) is 4.79 Å². The van der Waals surface area contributed by atoms with E-state index in [1.165, 1.54) is 19.3 Å². The summed E-state index contributed by atoms with van der Waals surface area (Å²) in [5.74, 6) is 0.0247. The van der Waals surface area contributed by atoms with Crippen molar-refractivity contribution in [2.45, 2.75) is 45.1 Å². The number of carbonyl (C=O) groups excluding carboxylic acids is 1. The van der Waals surface area contributed by atoms with E-state index in [9.17, 15) is 4.79 Å². The molecular weight excluding hydrogens is 234 g/mol. The number of nitrogens with one attached hydrogen (secondary N) is 1. The van der Waals surface area contributed by atoms with Gasteiger partial charge >= 0.3 is 0 Å². The van der Waals surface area contributed by atoms with Crippen molar-refractivity contribution in [2.75, 3.05) is 0 Å². The summed E-state index contributed by atoms with van der Waals surface area (Å²) in [5, 5.41) is 3.81. The Morgan fingerprint density at radius 3 is 2.65 bits per heavy atom. The first-order valence-electron chi connectivity index (χ1n) is 6.24. The van der Waals surface area contributed by atoms with Crippen LogP contribution >= 0.6 is 11.6 Å². The Labute approximate surface area is 107 Å². The third kappa shape index (κ3) is 3.22. The van der Waals surface area contributed by atoms with E-state index in [0.717, 1.165) is 18.4 Å². The summed E-state index contributed by atoms with van der Waals surface area (Å²) in [6.07, 6.45) is 5.97. The molecule has 0 atom stereocenters. The third-order valence-corrected chi connectivity index (χ3v) is 3.78. The molecule has 1 aromatic carbocycles. The molecule has 0 bridgehead atoms. The molecule has 0 unspecified atom stereocenters. The number of aryl methyl sites for hydroxylation is 1. The highest BCUT2D eigenvalue weighted by molar-refractivity contribution is 6.31. The zero-order valence-corrected chi connectivity index (χ0v) is 10.9. The Balaban J connectivity index is 2.01. The summed E-state index contributed by atoms with van der Waals surface area (Å²) in [7, 11) is 0. The van der Waals surface area contributed by atoms with Crippen molar-refractivity contribution >= 4 is 17.5 Å². The standard InChI is InChI=1S/C14H18ClNO/c1-10-9-11(7-8-13(10)15)14(17)16-12-5-3-2-4-6-12/h7-9,12H,2-6H2,1H3,(H,16,17). The quantitative estimate of drug-likeness (QED) is 0.853. The van der Waals surface area contributed by atoms with Gasteiger partial charge in [0.15, 0.2) is 0 Å². The van der Waals surface area contributed by atoms with E-state index in [2.05, 4.69) is 5.32 Å². The van der Waals surface area contributed by atoms with Crippen LogP contribution in [0.1, 0.15) is 48.0 Å². The second-order valence-electron chi connectivity index (χ2n) is 4.77. The van der Waals surface area contributed by atoms with Gasteiger partial charge in [0.25, 0.3) is 5.91 Å². The van der Waals surface area contributed by atoms with Gasteiger partial charge in [-0.1, -0.05) is 30.9 Å². The average molecular weight is 252 g/mol. The average Bonchev–Trinajstić information content (AvgIpc) is 2.34. The largest absolute Gasteiger partial charge is 0.349 e. The maximum absolute atomic E-state index is 12.0. The minimum atomic E-state index is 0.0247. The second-order valence-corrected chi connectivity index (χ2v) is 5.18. The van der Waals surface area contributed by atoms with Crippen molar-refractivity contribution in [1.29, 1.82) is 0 Å². The summed E-state index contributed by atoms with van der Waals surface area (Å²) >= 11 is 5.95.